The van der Waals surface area contributed by atoms with Gasteiger partial charge >= 0.3 is 5.97 Å². The lowest BCUT2D eigenvalue weighted by Crippen LogP contribution is -1.98. The molecule has 0 amide bonds. The first-order valence-corrected chi connectivity index (χ1v) is 7.91. The summed E-state index contributed by atoms with van der Waals surface area (Å²) in [6.07, 6.45) is 2.85. The van der Waals surface area contributed by atoms with Crippen molar-refractivity contribution in [2.45, 2.75) is 45.3 Å². The molecule has 1 aromatic heterocycles. The summed E-state index contributed by atoms with van der Waals surface area (Å²) in [4.78, 5) is 16.4. The molecule has 0 aromatic carbocycles. The molecule has 17 heavy (non-hydrogen) atoms. The second-order valence-corrected chi connectivity index (χ2v) is 6.20. The van der Waals surface area contributed by atoms with Gasteiger partial charge < -0.3 is 5.11 Å². The van der Waals surface area contributed by atoms with E-state index in [0.717, 1.165) is 35.0 Å². The molecule has 1 heterocycles. The van der Waals surface area contributed by atoms with Crippen LogP contribution in [0.15, 0.2) is 0 Å². The molecule has 1 N–H and O–H groups in total. The van der Waals surface area contributed by atoms with E-state index in [1.807, 2.05) is 11.8 Å². The molecule has 1 aromatic rings. The van der Waals surface area contributed by atoms with E-state index in [1.54, 1.807) is 11.3 Å². The number of carboxylic acids is 1. The van der Waals surface area contributed by atoms with Crippen molar-refractivity contribution in [2.24, 2.45) is 0 Å². The van der Waals surface area contributed by atoms with Crippen molar-refractivity contribution in [3.05, 3.63) is 15.6 Å². The minimum atomic E-state index is -0.731. The predicted molar refractivity (Wildman–Crippen MR) is 73.9 cm³/mol. The van der Waals surface area contributed by atoms with E-state index in [-0.39, 0.29) is 6.42 Å². The molecule has 0 aliphatic carbocycles. The summed E-state index contributed by atoms with van der Waals surface area (Å²) in [5.74, 6) is 1.31. The fourth-order valence-corrected chi connectivity index (χ4v) is 3.37. The topological polar surface area (TPSA) is 50.2 Å². The summed E-state index contributed by atoms with van der Waals surface area (Å²) < 4.78 is 0. The molecule has 5 heteroatoms. The number of nitrogens with zero attached hydrogens (tertiary/aromatic N) is 1. The molecule has 0 spiro atoms. The Hall–Kier alpha value is -0.550. The molecule has 0 atom stereocenters. The van der Waals surface area contributed by atoms with Crippen LogP contribution in [0.2, 0.25) is 0 Å². The van der Waals surface area contributed by atoms with Gasteiger partial charge in [0.25, 0.3) is 0 Å². The Labute approximate surface area is 111 Å². The quantitative estimate of drug-likeness (QED) is 0.789. The molecule has 1 rings (SSSR count). The number of thioether (sulfide) groups is 1. The zero-order chi connectivity index (χ0) is 12.7. The molecule has 0 saturated heterocycles. The van der Waals surface area contributed by atoms with E-state index in [4.69, 9.17) is 5.11 Å². The number of aryl methyl sites for hydroxylation is 2. The second kappa shape index (κ2) is 7.71. The summed E-state index contributed by atoms with van der Waals surface area (Å²) >= 11 is 3.54. The maximum atomic E-state index is 10.6. The molecule has 0 fully saturated rings. The smallest absolute Gasteiger partial charge is 0.303 e. The lowest BCUT2D eigenvalue weighted by atomic mass is 10.2. The van der Waals surface area contributed by atoms with Crippen LogP contribution in [0.1, 0.15) is 42.3 Å². The second-order valence-electron chi connectivity index (χ2n) is 3.76. The molecule has 0 radical (unpaired) electrons. The minimum absolute atomic E-state index is 0.208. The first kappa shape index (κ1) is 14.5. The molecule has 0 unspecified atom stereocenters. The zero-order valence-electron chi connectivity index (χ0n) is 10.4. The Morgan fingerprint density at radius 3 is 2.76 bits per heavy atom. The molecule has 0 saturated carbocycles. The Kier molecular flexibility index (Phi) is 6.58. The lowest BCUT2D eigenvalue weighted by Gasteiger charge is -1.97. The van der Waals surface area contributed by atoms with Crippen LogP contribution in [0.4, 0.5) is 0 Å². The molecular formula is C12H19NO2S2. The first-order valence-electron chi connectivity index (χ1n) is 5.94. The van der Waals surface area contributed by atoms with E-state index >= 15 is 0 Å². The van der Waals surface area contributed by atoms with Gasteiger partial charge in [0.2, 0.25) is 0 Å². The van der Waals surface area contributed by atoms with Crippen LogP contribution in [0.25, 0.3) is 0 Å². The lowest BCUT2D eigenvalue weighted by molar-refractivity contribution is -0.136. The number of aliphatic carboxylic acids is 1. The summed E-state index contributed by atoms with van der Waals surface area (Å²) in [6, 6.07) is 0. The van der Waals surface area contributed by atoms with Crippen LogP contribution in [-0.4, -0.2) is 21.8 Å². The highest BCUT2D eigenvalue weighted by Crippen LogP contribution is 2.24. The highest BCUT2D eigenvalue weighted by Gasteiger charge is 2.11. The maximum Gasteiger partial charge on any atom is 0.303 e. The van der Waals surface area contributed by atoms with E-state index in [9.17, 15) is 4.79 Å². The van der Waals surface area contributed by atoms with Gasteiger partial charge in [0, 0.05) is 10.6 Å². The van der Waals surface area contributed by atoms with Crippen LogP contribution in [0.3, 0.4) is 0 Å². The predicted octanol–water partition coefficient (Wildman–Crippen LogP) is 3.37. The Bertz CT molecular complexity index is 363. The number of carboxylic acid groups (broad SMARTS) is 1. The summed E-state index contributed by atoms with van der Waals surface area (Å²) in [5.41, 5.74) is 1.12. The third-order valence-corrected chi connectivity index (χ3v) is 4.53. The fourth-order valence-electron chi connectivity index (χ4n) is 1.54. The molecular weight excluding hydrogens is 254 g/mol. The van der Waals surface area contributed by atoms with Gasteiger partial charge in [-0.3, -0.25) is 4.79 Å². The van der Waals surface area contributed by atoms with Crippen LogP contribution in [-0.2, 0) is 23.4 Å². The van der Waals surface area contributed by atoms with Gasteiger partial charge in [0.1, 0.15) is 5.01 Å². The number of thiazole rings is 1. The SMILES string of the molecule is CCCc1nc(CSCC)sc1CCC(=O)O. The Morgan fingerprint density at radius 1 is 1.41 bits per heavy atom. The van der Waals surface area contributed by atoms with E-state index in [0.29, 0.717) is 6.42 Å². The molecule has 0 aliphatic heterocycles. The molecule has 0 bridgehead atoms. The third-order valence-electron chi connectivity index (χ3n) is 2.30. The number of hydrogen-bond acceptors (Lipinski definition) is 4. The largest absolute Gasteiger partial charge is 0.481 e. The van der Waals surface area contributed by atoms with Crippen molar-refractivity contribution >= 4 is 29.1 Å². The normalized spacial score (nSPS) is 10.7. The Balaban J connectivity index is 2.69. The monoisotopic (exact) mass is 273 g/mol. The summed E-state index contributed by atoms with van der Waals surface area (Å²) in [5, 5.41) is 9.86. The highest BCUT2D eigenvalue weighted by atomic mass is 32.2. The van der Waals surface area contributed by atoms with Gasteiger partial charge in [-0.05, 0) is 18.6 Å². The summed E-state index contributed by atoms with van der Waals surface area (Å²) in [7, 11) is 0. The van der Waals surface area contributed by atoms with Gasteiger partial charge in [0.05, 0.1) is 12.1 Å². The Morgan fingerprint density at radius 2 is 2.18 bits per heavy atom. The number of aromatic nitrogens is 1. The van der Waals surface area contributed by atoms with E-state index < -0.39 is 5.97 Å². The van der Waals surface area contributed by atoms with Crippen LogP contribution < -0.4 is 0 Å². The van der Waals surface area contributed by atoms with Crippen LogP contribution in [0.5, 0.6) is 0 Å². The standard InChI is InChI=1S/C12H19NO2S2/c1-3-5-9-10(6-7-12(14)15)17-11(13-9)8-16-4-2/h3-8H2,1-2H3,(H,14,15). The van der Waals surface area contributed by atoms with Crippen molar-refractivity contribution in [2.75, 3.05) is 5.75 Å². The van der Waals surface area contributed by atoms with E-state index in [2.05, 4.69) is 18.8 Å². The van der Waals surface area contributed by atoms with Crippen molar-refractivity contribution < 1.29 is 9.90 Å². The first-order chi connectivity index (χ1) is 8.17. The van der Waals surface area contributed by atoms with Gasteiger partial charge in [-0.25, -0.2) is 4.98 Å². The highest BCUT2D eigenvalue weighted by molar-refractivity contribution is 7.98. The van der Waals surface area contributed by atoms with Crippen molar-refractivity contribution in [3.63, 3.8) is 0 Å². The average molecular weight is 273 g/mol. The van der Waals surface area contributed by atoms with Crippen molar-refractivity contribution in [3.8, 4) is 0 Å². The van der Waals surface area contributed by atoms with Crippen LogP contribution >= 0.6 is 23.1 Å². The van der Waals surface area contributed by atoms with E-state index in [1.165, 1.54) is 4.88 Å². The molecule has 0 aliphatic rings. The number of hydrogen-bond donors (Lipinski definition) is 1. The fraction of sp³-hybridized carbons (Fsp3) is 0.667. The third kappa shape index (κ3) is 5.08. The number of rotatable bonds is 8. The average Bonchev–Trinajstić information content (AvgIpc) is 2.67. The molecule has 3 nitrogen and oxygen atoms in total. The maximum absolute atomic E-state index is 10.6. The van der Waals surface area contributed by atoms with Crippen molar-refractivity contribution in [1.82, 2.24) is 4.98 Å². The van der Waals surface area contributed by atoms with Gasteiger partial charge in [-0.2, -0.15) is 11.8 Å². The number of carbonyl (C=O) groups is 1. The van der Waals surface area contributed by atoms with Gasteiger partial charge in [-0.15, -0.1) is 11.3 Å². The van der Waals surface area contributed by atoms with Gasteiger partial charge in [0.15, 0.2) is 0 Å². The minimum Gasteiger partial charge on any atom is -0.481 e. The van der Waals surface area contributed by atoms with Crippen LogP contribution in [0, 0.1) is 0 Å². The molecule has 96 valence electrons. The van der Waals surface area contributed by atoms with Gasteiger partial charge in [-0.1, -0.05) is 20.3 Å². The van der Waals surface area contributed by atoms with Crippen molar-refractivity contribution in [1.29, 1.82) is 0 Å². The summed E-state index contributed by atoms with van der Waals surface area (Å²) in [6.45, 7) is 4.26. The zero-order valence-corrected chi connectivity index (χ0v) is 12.0.